The molecular weight excluding hydrogens is 200 g/mol. The summed E-state index contributed by atoms with van der Waals surface area (Å²) in [7, 11) is 0. The van der Waals surface area contributed by atoms with Crippen molar-refractivity contribution in [2.75, 3.05) is 0 Å². The Morgan fingerprint density at radius 2 is 1.73 bits per heavy atom. The lowest BCUT2D eigenvalue weighted by Gasteiger charge is -2.30. The Morgan fingerprint density at radius 1 is 1.27 bits per heavy atom. The van der Waals surface area contributed by atoms with E-state index >= 15 is 0 Å². The predicted molar refractivity (Wildman–Crippen MR) is 48.6 cm³/mol. The first-order valence-corrected chi connectivity index (χ1v) is 4.80. The van der Waals surface area contributed by atoms with Crippen molar-refractivity contribution in [3.05, 3.63) is 11.3 Å². The summed E-state index contributed by atoms with van der Waals surface area (Å²) in [5.74, 6) is -3.13. The molecular formula is C10H12O5. The van der Waals surface area contributed by atoms with Crippen molar-refractivity contribution >= 4 is 11.9 Å². The monoisotopic (exact) mass is 212 g/mol. The number of carbonyl (C=O) groups is 2. The number of ether oxygens (including phenoxy) is 2. The fourth-order valence-corrected chi connectivity index (χ4v) is 1.42. The van der Waals surface area contributed by atoms with Crippen LogP contribution in [0.2, 0.25) is 0 Å². The number of hydrogen-bond donors (Lipinski definition) is 1. The van der Waals surface area contributed by atoms with Crippen LogP contribution in [0, 0.1) is 5.92 Å². The van der Waals surface area contributed by atoms with E-state index in [1.807, 2.05) is 0 Å². The molecule has 2 aliphatic rings. The first-order chi connectivity index (χ1) is 6.91. The number of carbonyl (C=O) groups excluding carboxylic acids is 2. The summed E-state index contributed by atoms with van der Waals surface area (Å²) in [5, 5.41) is 9.60. The second-order valence-electron chi connectivity index (χ2n) is 4.21. The van der Waals surface area contributed by atoms with E-state index in [0.29, 0.717) is 0 Å². The molecule has 1 aliphatic heterocycles. The van der Waals surface area contributed by atoms with Gasteiger partial charge in [0.05, 0.1) is 0 Å². The average molecular weight is 212 g/mol. The van der Waals surface area contributed by atoms with Gasteiger partial charge in [0.25, 0.3) is 5.79 Å². The minimum absolute atomic E-state index is 0.0821. The van der Waals surface area contributed by atoms with Gasteiger partial charge in [0.1, 0.15) is 5.76 Å². The number of esters is 2. The van der Waals surface area contributed by atoms with Crippen LogP contribution >= 0.6 is 0 Å². The quantitative estimate of drug-likeness (QED) is 0.304. The second-order valence-corrected chi connectivity index (χ2v) is 4.21. The summed E-state index contributed by atoms with van der Waals surface area (Å²) in [4.78, 5) is 22.9. The summed E-state index contributed by atoms with van der Waals surface area (Å²) in [6.07, 6.45) is 1.58. The third-order valence-corrected chi connectivity index (χ3v) is 2.31. The van der Waals surface area contributed by atoms with Gasteiger partial charge in [0.2, 0.25) is 0 Å². The highest BCUT2D eigenvalue weighted by Gasteiger charge is 2.43. The van der Waals surface area contributed by atoms with Crippen LogP contribution in [0.3, 0.4) is 0 Å². The molecule has 0 radical (unpaired) electrons. The number of aliphatic hydroxyl groups is 1. The standard InChI is InChI=1S/C10H12O5/c1-10(2)14-8(12)6(9(13)15-10)7(11)5-3-4-5/h5,11H,3-4H2,1-2H3. The molecule has 0 spiro atoms. The van der Waals surface area contributed by atoms with Crippen LogP contribution in [0.25, 0.3) is 0 Å². The van der Waals surface area contributed by atoms with E-state index in [4.69, 9.17) is 9.47 Å². The zero-order valence-corrected chi connectivity index (χ0v) is 8.57. The van der Waals surface area contributed by atoms with E-state index in [-0.39, 0.29) is 17.3 Å². The maximum Gasteiger partial charge on any atom is 0.352 e. The number of cyclic esters (lactones) is 2. The van der Waals surface area contributed by atoms with Crippen molar-refractivity contribution in [2.45, 2.75) is 32.5 Å². The van der Waals surface area contributed by atoms with Gasteiger partial charge in [-0.15, -0.1) is 0 Å². The van der Waals surface area contributed by atoms with Crippen LogP contribution in [-0.2, 0) is 19.1 Å². The molecule has 0 unspecified atom stereocenters. The first kappa shape index (κ1) is 10.0. The Morgan fingerprint density at radius 3 is 2.13 bits per heavy atom. The van der Waals surface area contributed by atoms with Gasteiger partial charge in [-0.05, 0) is 12.8 Å². The third-order valence-electron chi connectivity index (χ3n) is 2.31. The zero-order chi connectivity index (χ0) is 11.2. The molecule has 2 rings (SSSR count). The van der Waals surface area contributed by atoms with Gasteiger partial charge in [-0.3, -0.25) is 0 Å². The number of hydrogen-bond acceptors (Lipinski definition) is 5. The third kappa shape index (κ3) is 1.82. The SMILES string of the molecule is CC1(C)OC(=O)C(=C(O)C2CC2)C(=O)O1. The van der Waals surface area contributed by atoms with Crippen molar-refractivity contribution in [2.24, 2.45) is 5.92 Å². The molecule has 1 heterocycles. The van der Waals surface area contributed by atoms with Crippen LogP contribution in [0.1, 0.15) is 26.7 Å². The molecule has 1 saturated heterocycles. The van der Waals surface area contributed by atoms with Crippen molar-refractivity contribution in [3.8, 4) is 0 Å². The first-order valence-electron chi connectivity index (χ1n) is 4.80. The fraction of sp³-hybridized carbons (Fsp3) is 0.600. The number of allylic oxidation sites excluding steroid dienone is 1. The Balaban J connectivity index is 2.31. The molecule has 5 nitrogen and oxygen atoms in total. The summed E-state index contributed by atoms with van der Waals surface area (Å²) in [6.45, 7) is 2.93. The molecule has 15 heavy (non-hydrogen) atoms. The molecule has 0 bridgehead atoms. The van der Waals surface area contributed by atoms with Crippen molar-refractivity contribution in [1.82, 2.24) is 0 Å². The van der Waals surface area contributed by atoms with Gasteiger partial charge >= 0.3 is 11.9 Å². The molecule has 2 fully saturated rings. The normalized spacial score (nSPS) is 24.5. The largest absolute Gasteiger partial charge is 0.511 e. The van der Waals surface area contributed by atoms with Crippen molar-refractivity contribution in [3.63, 3.8) is 0 Å². The highest BCUT2D eigenvalue weighted by Crippen LogP contribution is 2.38. The highest BCUT2D eigenvalue weighted by molar-refractivity contribution is 6.15. The maximum atomic E-state index is 11.5. The van der Waals surface area contributed by atoms with Crippen molar-refractivity contribution in [1.29, 1.82) is 0 Å². The van der Waals surface area contributed by atoms with E-state index in [9.17, 15) is 14.7 Å². The second kappa shape index (κ2) is 2.98. The van der Waals surface area contributed by atoms with Gasteiger partial charge in [-0.1, -0.05) is 0 Å². The topological polar surface area (TPSA) is 72.8 Å². The minimum atomic E-state index is -1.25. The summed E-state index contributed by atoms with van der Waals surface area (Å²) in [6, 6.07) is 0. The van der Waals surface area contributed by atoms with E-state index in [2.05, 4.69) is 0 Å². The van der Waals surface area contributed by atoms with Crippen molar-refractivity contribution < 1.29 is 24.2 Å². The molecule has 0 aromatic carbocycles. The van der Waals surface area contributed by atoms with Crippen LogP contribution in [0.4, 0.5) is 0 Å². The predicted octanol–water partition coefficient (Wildman–Crippen LogP) is 1.04. The maximum absolute atomic E-state index is 11.5. The zero-order valence-electron chi connectivity index (χ0n) is 8.57. The molecule has 0 atom stereocenters. The average Bonchev–Trinajstić information content (AvgIpc) is 2.80. The summed E-state index contributed by atoms with van der Waals surface area (Å²) >= 11 is 0. The fourth-order valence-electron chi connectivity index (χ4n) is 1.42. The summed E-state index contributed by atoms with van der Waals surface area (Å²) in [5.41, 5.74) is -0.350. The molecule has 1 aliphatic carbocycles. The Labute approximate surface area is 86.7 Å². The molecule has 0 aromatic heterocycles. The highest BCUT2D eigenvalue weighted by atomic mass is 16.7. The van der Waals surface area contributed by atoms with Gasteiger partial charge < -0.3 is 14.6 Å². The molecule has 1 N–H and O–H groups in total. The van der Waals surface area contributed by atoms with E-state index < -0.39 is 17.7 Å². The van der Waals surface area contributed by atoms with Gasteiger partial charge in [-0.2, -0.15) is 0 Å². The van der Waals surface area contributed by atoms with Crippen LogP contribution in [0.5, 0.6) is 0 Å². The van der Waals surface area contributed by atoms with Gasteiger partial charge in [-0.25, -0.2) is 9.59 Å². The van der Waals surface area contributed by atoms with Crippen LogP contribution in [-0.4, -0.2) is 22.8 Å². The lowest BCUT2D eigenvalue weighted by molar-refractivity contribution is -0.222. The van der Waals surface area contributed by atoms with Crippen LogP contribution < -0.4 is 0 Å². The smallest absolute Gasteiger partial charge is 0.352 e. The van der Waals surface area contributed by atoms with Crippen LogP contribution in [0.15, 0.2) is 11.3 Å². The molecule has 0 aromatic rings. The molecule has 0 amide bonds. The van der Waals surface area contributed by atoms with E-state index in [1.165, 1.54) is 13.8 Å². The minimum Gasteiger partial charge on any atom is -0.511 e. The van der Waals surface area contributed by atoms with E-state index in [1.54, 1.807) is 0 Å². The Bertz CT molecular complexity index is 340. The lowest BCUT2D eigenvalue weighted by Crippen LogP contribution is -2.42. The van der Waals surface area contributed by atoms with E-state index in [0.717, 1.165) is 12.8 Å². The molecule has 82 valence electrons. The Hall–Kier alpha value is -1.52. The molecule has 5 heteroatoms. The van der Waals surface area contributed by atoms with Gasteiger partial charge in [0, 0.05) is 19.8 Å². The number of rotatable bonds is 1. The summed E-state index contributed by atoms with van der Waals surface area (Å²) < 4.78 is 9.71. The number of aliphatic hydroxyl groups excluding tert-OH is 1. The van der Waals surface area contributed by atoms with Gasteiger partial charge in [0.15, 0.2) is 5.57 Å². The molecule has 1 saturated carbocycles. The lowest BCUT2D eigenvalue weighted by atomic mass is 10.1. The Kier molecular flexibility index (Phi) is 1.99.